The molecular weight excluding hydrogens is 250 g/mol. The fraction of sp³-hybridized carbons (Fsp3) is 0.250. The molecule has 0 bridgehead atoms. The maximum atomic E-state index is 11.7. The number of benzene rings is 1. The number of amides is 1. The van der Waals surface area contributed by atoms with E-state index in [0.29, 0.717) is 11.3 Å². The van der Waals surface area contributed by atoms with E-state index in [4.69, 9.17) is 5.73 Å². The zero-order valence-corrected chi connectivity index (χ0v) is 10.1. The summed E-state index contributed by atoms with van der Waals surface area (Å²) < 4.78 is 0. The average molecular weight is 263 g/mol. The summed E-state index contributed by atoms with van der Waals surface area (Å²) >= 11 is 0. The van der Waals surface area contributed by atoms with Gasteiger partial charge in [-0.2, -0.15) is 0 Å². The van der Waals surface area contributed by atoms with E-state index in [1.165, 1.54) is 18.2 Å². The molecule has 100 valence electrons. The maximum absolute atomic E-state index is 11.7. The van der Waals surface area contributed by atoms with E-state index in [0.717, 1.165) is 0 Å². The van der Waals surface area contributed by atoms with E-state index in [1.54, 1.807) is 6.92 Å². The monoisotopic (exact) mass is 263 g/mol. The van der Waals surface area contributed by atoms with Gasteiger partial charge in [0.1, 0.15) is 11.9 Å². The highest BCUT2D eigenvalue weighted by molar-refractivity contribution is 5.81. The minimum absolute atomic E-state index is 0.218. The van der Waals surface area contributed by atoms with Crippen LogP contribution in [-0.4, -0.2) is 32.2 Å². The number of primary amides is 1. The number of H-pyrrole nitrogens is 1. The van der Waals surface area contributed by atoms with E-state index in [1.807, 2.05) is 0 Å². The molecule has 0 aliphatic rings. The largest absolute Gasteiger partial charge is 0.385 e. The molecule has 0 radical (unpaired) electrons. The zero-order valence-electron chi connectivity index (χ0n) is 10.1. The normalized spacial score (nSPS) is 14.3. The lowest BCUT2D eigenvalue weighted by Gasteiger charge is -2.15. The van der Waals surface area contributed by atoms with Gasteiger partial charge in [0.2, 0.25) is 5.91 Å². The fourth-order valence-electron chi connectivity index (χ4n) is 1.80. The lowest BCUT2D eigenvalue weighted by Crippen LogP contribution is -2.33. The summed E-state index contributed by atoms with van der Waals surface area (Å²) in [4.78, 5) is 29.2. The van der Waals surface area contributed by atoms with Crippen LogP contribution in [0.15, 0.2) is 23.0 Å². The molecule has 1 amide bonds. The molecule has 2 unspecified atom stereocenters. The summed E-state index contributed by atoms with van der Waals surface area (Å²) in [6, 6.07) is 4.38. The molecule has 1 heterocycles. The highest BCUT2D eigenvalue weighted by atomic mass is 16.3. The van der Waals surface area contributed by atoms with Crippen molar-refractivity contribution in [1.29, 1.82) is 0 Å². The van der Waals surface area contributed by atoms with Crippen LogP contribution in [0.2, 0.25) is 0 Å². The number of nitrogens with two attached hydrogens (primary N) is 1. The van der Waals surface area contributed by atoms with Gasteiger partial charge in [-0.15, -0.1) is 0 Å². The Morgan fingerprint density at radius 2 is 2.11 bits per heavy atom. The van der Waals surface area contributed by atoms with Gasteiger partial charge in [-0.1, -0.05) is 6.07 Å². The third-order valence-electron chi connectivity index (χ3n) is 2.78. The summed E-state index contributed by atoms with van der Waals surface area (Å²) in [7, 11) is 0. The number of aromatic amines is 1. The van der Waals surface area contributed by atoms with Gasteiger partial charge in [-0.3, -0.25) is 9.59 Å². The smallest absolute Gasteiger partial charge is 0.258 e. The lowest BCUT2D eigenvalue weighted by molar-refractivity contribution is -0.131. The molecule has 2 aromatic rings. The number of rotatable bonds is 3. The van der Waals surface area contributed by atoms with Gasteiger partial charge in [0.05, 0.1) is 10.9 Å². The van der Waals surface area contributed by atoms with Crippen molar-refractivity contribution in [3.63, 3.8) is 0 Å². The van der Waals surface area contributed by atoms with Gasteiger partial charge in [0.15, 0.2) is 6.10 Å². The van der Waals surface area contributed by atoms with Crippen LogP contribution in [0.3, 0.4) is 0 Å². The van der Waals surface area contributed by atoms with Gasteiger partial charge in [0.25, 0.3) is 5.56 Å². The van der Waals surface area contributed by atoms with Crippen molar-refractivity contribution in [3.8, 4) is 0 Å². The van der Waals surface area contributed by atoms with Gasteiger partial charge >= 0.3 is 0 Å². The van der Waals surface area contributed by atoms with Crippen molar-refractivity contribution in [2.24, 2.45) is 5.73 Å². The number of carbonyl (C=O) groups excluding carboxylic acids is 1. The number of aromatic nitrogens is 2. The minimum Gasteiger partial charge on any atom is -0.385 e. The second-order valence-electron chi connectivity index (χ2n) is 4.22. The Morgan fingerprint density at radius 3 is 2.74 bits per heavy atom. The summed E-state index contributed by atoms with van der Waals surface area (Å²) in [6.07, 6.45) is -3.21. The maximum Gasteiger partial charge on any atom is 0.258 e. The van der Waals surface area contributed by atoms with Gasteiger partial charge in [-0.25, -0.2) is 4.98 Å². The number of hydrogen-bond acceptors (Lipinski definition) is 5. The Hall–Kier alpha value is -2.25. The van der Waals surface area contributed by atoms with E-state index < -0.39 is 18.1 Å². The number of aryl methyl sites for hydroxylation is 1. The van der Waals surface area contributed by atoms with Gasteiger partial charge in [0, 0.05) is 0 Å². The number of hydrogen-bond donors (Lipinski definition) is 4. The van der Waals surface area contributed by atoms with Crippen LogP contribution < -0.4 is 11.3 Å². The average Bonchev–Trinajstić information content (AvgIpc) is 2.36. The summed E-state index contributed by atoms with van der Waals surface area (Å²) in [5.74, 6) is -0.563. The minimum atomic E-state index is -1.73. The third kappa shape index (κ3) is 2.47. The van der Waals surface area contributed by atoms with Crippen LogP contribution in [0, 0.1) is 6.92 Å². The Morgan fingerprint density at radius 1 is 1.42 bits per heavy atom. The number of carbonyl (C=O) groups is 1. The molecule has 0 fully saturated rings. The van der Waals surface area contributed by atoms with Crippen LogP contribution in [0.4, 0.5) is 0 Å². The first kappa shape index (κ1) is 13.2. The van der Waals surface area contributed by atoms with Crippen LogP contribution >= 0.6 is 0 Å². The molecule has 0 aliphatic carbocycles. The molecule has 2 atom stereocenters. The van der Waals surface area contributed by atoms with Crippen LogP contribution in [0.25, 0.3) is 10.9 Å². The summed E-state index contributed by atoms with van der Waals surface area (Å²) in [5.41, 5.74) is 5.23. The predicted octanol–water partition coefficient (Wildman–Crippen LogP) is -0.889. The molecular formula is C12H13N3O4. The molecule has 7 nitrogen and oxygen atoms in total. The van der Waals surface area contributed by atoms with Crippen molar-refractivity contribution in [1.82, 2.24) is 9.97 Å². The topological polar surface area (TPSA) is 129 Å². The first-order chi connectivity index (χ1) is 8.90. The molecule has 1 aromatic heterocycles. The van der Waals surface area contributed by atoms with E-state index in [-0.39, 0.29) is 16.5 Å². The second kappa shape index (κ2) is 4.79. The Labute approximate surface area is 107 Å². The summed E-state index contributed by atoms with van der Waals surface area (Å²) in [5, 5.41) is 19.5. The van der Waals surface area contributed by atoms with Crippen LogP contribution in [0.5, 0.6) is 0 Å². The van der Waals surface area contributed by atoms with Crippen molar-refractivity contribution < 1.29 is 15.0 Å². The van der Waals surface area contributed by atoms with Crippen LogP contribution in [-0.2, 0) is 4.79 Å². The zero-order chi connectivity index (χ0) is 14.2. The van der Waals surface area contributed by atoms with E-state index in [2.05, 4.69) is 9.97 Å². The molecule has 0 aliphatic heterocycles. The highest BCUT2D eigenvalue weighted by Gasteiger charge is 2.23. The van der Waals surface area contributed by atoms with Crippen molar-refractivity contribution in [2.45, 2.75) is 19.1 Å². The second-order valence-corrected chi connectivity index (χ2v) is 4.22. The SMILES string of the molecule is Cc1nc2ccc(C(O)C(O)C(N)=O)cc2c(=O)[nH]1. The Kier molecular flexibility index (Phi) is 3.32. The molecule has 1 aromatic carbocycles. The lowest BCUT2D eigenvalue weighted by atomic mass is 10.0. The highest BCUT2D eigenvalue weighted by Crippen LogP contribution is 2.20. The van der Waals surface area contributed by atoms with Gasteiger partial charge < -0.3 is 20.9 Å². The predicted molar refractivity (Wildman–Crippen MR) is 67.3 cm³/mol. The van der Waals surface area contributed by atoms with Crippen molar-refractivity contribution >= 4 is 16.8 Å². The number of nitrogens with zero attached hydrogens (tertiary/aromatic N) is 1. The van der Waals surface area contributed by atoms with Crippen molar-refractivity contribution in [3.05, 3.63) is 39.9 Å². The quantitative estimate of drug-likeness (QED) is 0.571. The molecule has 2 rings (SSSR count). The van der Waals surface area contributed by atoms with Gasteiger partial charge in [-0.05, 0) is 24.6 Å². The first-order valence-electron chi connectivity index (χ1n) is 5.56. The molecule has 0 saturated heterocycles. The number of nitrogens with one attached hydrogen (secondary N) is 1. The number of fused-ring (bicyclic) bond motifs is 1. The third-order valence-corrected chi connectivity index (χ3v) is 2.78. The van der Waals surface area contributed by atoms with Crippen molar-refractivity contribution in [2.75, 3.05) is 0 Å². The Balaban J connectivity index is 2.53. The number of aliphatic hydroxyl groups is 2. The van der Waals surface area contributed by atoms with E-state index in [9.17, 15) is 19.8 Å². The molecule has 19 heavy (non-hydrogen) atoms. The Bertz CT molecular complexity index is 695. The molecule has 0 spiro atoms. The number of aliphatic hydroxyl groups excluding tert-OH is 2. The molecule has 5 N–H and O–H groups in total. The fourth-order valence-corrected chi connectivity index (χ4v) is 1.80. The van der Waals surface area contributed by atoms with E-state index >= 15 is 0 Å². The molecule has 7 heteroatoms. The standard InChI is InChI=1S/C12H13N3O4/c1-5-14-8-3-2-6(4-7(8)12(19)15-5)9(16)10(17)11(13)18/h2-4,9-10,16-17H,1H3,(H2,13,18)(H,14,15,19). The first-order valence-corrected chi connectivity index (χ1v) is 5.56. The molecule has 0 saturated carbocycles. The summed E-state index contributed by atoms with van der Waals surface area (Å²) in [6.45, 7) is 1.65. The van der Waals surface area contributed by atoms with Crippen LogP contribution in [0.1, 0.15) is 17.5 Å².